The summed E-state index contributed by atoms with van der Waals surface area (Å²) in [6.45, 7) is 3.42. The number of methoxy groups -OCH3 is 1. The van der Waals surface area contributed by atoms with Crippen LogP contribution in [-0.2, 0) is 5.21 Å². The number of hydrogen-bond acceptors (Lipinski definition) is 1. The van der Waals surface area contributed by atoms with E-state index in [1.165, 1.54) is 51.2 Å². The standard InChI is InChI=1S/C9H8B10O/c1-20-7-4-2-6(3-5-7)9-8-10(9)11(8)13-14-12(9)15(14)17-18-16(13)19(17)18/h2-5,8H,1H3. The molecule has 1 aromatic carbocycles. The van der Waals surface area contributed by atoms with Gasteiger partial charge in [-0.25, -0.2) is 0 Å². The summed E-state index contributed by atoms with van der Waals surface area (Å²) in [7, 11) is 1.77. The first kappa shape index (κ1) is 9.64. The Labute approximate surface area is 123 Å². The lowest BCUT2D eigenvalue weighted by Gasteiger charge is -2.38. The molecule has 8 saturated heterocycles. The Bertz CT molecular complexity index is 700. The molecule has 0 saturated carbocycles. The van der Waals surface area contributed by atoms with Crippen LogP contribution in [-0.4, -0.2) is 71.4 Å². The van der Waals surface area contributed by atoms with Gasteiger partial charge in [0.05, 0.1) is 20.2 Å². The third-order valence-electron chi connectivity index (χ3n) is 9.06. The van der Waals surface area contributed by atoms with Gasteiger partial charge in [0.25, 0.3) is 0 Å². The van der Waals surface area contributed by atoms with Crippen LogP contribution in [0.25, 0.3) is 0 Å². The Morgan fingerprint density at radius 3 is 2.20 bits per heavy atom. The molecule has 80 valence electrons. The highest BCUT2D eigenvalue weighted by molar-refractivity contribution is 8.65. The van der Waals surface area contributed by atoms with Gasteiger partial charge in [-0.1, -0.05) is 22.9 Å². The molecular weight excluding hydrogens is 232 g/mol. The lowest BCUT2D eigenvalue weighted by molar-refractivity contribution is 0.414. The van der Waals surface area contributed by atoms with Gasteiger partial charge in [0.2, 0.25) is 0 Å². The van der Waals surface area contributed by atoms with E-state index in [-0.39, 0.29) is 0 Å². The van der Waals surface area contributed by atoms with Crippen molar-refractivity contribution in [3.63, 3.8) is 0 Å². The van der Waals surface area contributed by atoms with Crippen LogP contribution in [0.5, 0.6) is 5.75 Å². The summed E-state index contributed by atoms with van der Waals surface area (Å²) in [6.07, 6.45) is 8.55. The fourth-order valence-electron chi connectivity index (χ4n) is 8.62. The van der Waals surface area contributed by atoms with Crippen molar-refractivity contribution in [3.8, 4) is 5.75 Å². The van der Waals surface area contributed by atoms with E-state index in [9.17, 15) is 0 Å². The van der Waals surface area contributed by atoms with Gasteiger partial charge in [-0.15, -0.1) is 5.72 Å². The van der Waals surface area contributed by atoms with E-state index in [4.69, 9.17) is 4.74 Å². The second-order valence-corrected chi connectivity index (χ2v) is 8.86. The van der Waals surface area contributed by atoms with E-state index in [0.717, 1.165) is 24.6 Å². The first-order valence-electron chi connectivity index (χ1n) is 8.55. The van der Waals surface area contributed by atoms with Gasteiger partial charge < -0.3 is 4.74 Å². The highest BCUT2D eigenvalue weighted by atomic mass is 16.5. The molecule has 2 atom stereocenters. The summed E-state index contributed by atoms with van der Waals surface area (Å²) in [6, 6.07) is 9.17. The predicted octanol–water partition coefficient (Wildman–Crippen LogP) is -2.02. The van der Waals surface area contributed by atoms with Crippen LogP contribution in [0.15, 0.2) is 24.3 Å². The van der Waals surface area contributed by atoms with Crippen molar-refractivity contribution in [2.24, 2.45) is 0 Å². The third-order valence-corrected chi connectivity index (χ3v) is 9.06. The van der Waals surface area contributed by atoms with E-state index in [1.54, 1.807) is 12.7 Å². The zero-order chi connectivity index (χ0) is 12.5. The van der Waals surface area contributed by atoms with Gasteiger partial charge >= 0.3 is 0 Å². The number of ether oxygens (including phenoxy) is 1. The third kappa shape index (κ3) is 0.669. The number of fused-ring (bicyclic) bond motifs is 3. The summed E-state index contributed by atoms with van der Waals surface area (Å²) in [5, 5.41) is 0.680. The predicted molar refractivity (Wildman–Crippen MR) is 96.0 cm³/mol. The Kier molecular flexibility index (Phi) is 1.14. The average molecular weight is 240 g/mol. The molecule has 0 N–H and O–H groups in total. The summed E-state index contributed by atoms with van der Waals surface area (Å²) in [5.74, 6) is 1.02. The van der Waals surface area contributed by atoms with Crippen molar-refractivity contribution >= 4 is 64.3 Å². The molecule has 0 radical (unpaired) electrons. The smallest absolute Gasteiger partial charge is 0.118 e. The lowest BCUT2D eigenvalue weighted by atomic mass is 8.55. The summed E-state index contributed by atoms with van der Waals surface area (Å²) >= 11 is 0. The second kappa shape index (κ2) is 2.36. The Hall–Kier alpha value is -0.331. The Balaban J connectivity index is 1.28. The molecule has 20 heavy (non-hydrogen) atoms. The topological polar surface area (TPSA) is 9.23 Å². The van der Waals surface area contributed by atoms with Gasteiger partial charge in [0, 0.05) is 51.2 Å². The van der Waals surface area contributed by atoms with Crippen LogP contribution in [0.3, 0.4) is 0 Å². The lowest BCUT2D eigenvalue weighted by Crippen LogP contribution is -2.68. The summed E-state index contributed by atoms with van der Waals surface area (Å²) in [5.41, 5.74) is 2.79. The van der Waals surface area contributed by atoms with E-state index in [0.29, 0.717) is 5.21 Å². The quantitative estimate of drug-likeness (QED) is 0.543. The highest BCUT2D eigenvalue weighted by Crippen LogP contribution is 2.83. The largest absolute Gasteiger partial charge is 0.497 e. The van der Waals surface area contributed by atoms with Crippen LogP contribution in [0, 0.1) is 0 Å². The minimum Gasteiger partial charge on any atom is -0.497 e. The summed E-state index contributed by atoms with van der Waals surface area (Å²) in [4.78, 5) is 0. The Morgan fingerprint density at radius 2 is 1.50 bits per heavy atom. The van der Waals surface area contributed by atoms with Crippen LogP contribution >= 0.6 is 0 Å². The molecule has 0 aromatic heterocycles. The van der Waals surface area contributed by atoms with Gasteiger partial charge in [-0.3, -0.25) is 0 Å². The number of benzene rings is 1. The zero-order valence-corrected chi connectivity index (χ0v) is 11.6. The van der Waals surface area contributed by atoms with E-state index >= 15 is 0 Å². The first-order valence-corrected chi connectivity index (χ1v) is 8.55. The molecule has 8 aliphatic rings. The maximum absolute atomic E-state index is 5.34. The molecule has 1 aromatic rings. The highest BCUT2D eigenvalue weighted by Gasteiger charge is 3.05. The summed E-state index contributed by atoms with van der Waals surface area (Å²) < 4.78 is 5.34. The maximum Gasteiger partial charge on any atom is 0.118 e. The molecule has 0 aliphatic carbocycles. The maximum atomic E-state index is 5.34. The van der Waals surface area contributed by atoms with Crippen LogP contribution in [0.4, 0.5) is 0 Å². The Morgan fingerprint density at radius 1 is 0.900 bits per heavy atom. The fraction of sp³-hybridized carbons (Fsp3) is 0.333. The second-order valence-electron chi connectivity index (χ2n) is 8.86. The number of hydrogen-bond donors (Lipinski definition) is 0. The number of rotatable bonds is 2. The molecule has 2 unspecified atom stereocenters. The van der Waals surface area contributed by atoms with Crippen molar-refractivity contribution in [2.75, 3.05) is 7.11 Å². The van der Waals surface area contributed by atoms with Crippen molar-refractivity contribution in [3.05, 3.63) is 29.8 Å². The molecule has 0 amide bonds. The molecule has 2 bridgehead atoms. The van der Waals surface area contributed by atoms with Gasteiger partial charge in [0.15, 0.2) is 0 Å². The van der Waals surface area contributed by atoms with Crippen LogP contribution < -0.4 is 4.74 Å². The van der Waals surface area contributed by atoms with E-state index in [2.05, 4.69) is 24.3 Å². The molecule has 8 aliphatic heterocycles. The molecule has 9 rings (SSSR count). The first-order chi connectivity index (χ1) is 9.90. The van der Waals surface area contributed by atoms with Gasteiger partial charge in [0.1, 0.15) is 5.75 Å². The molecule has 8 fully saturated rings. The molecule has 1 nitrogen and oxygen atoms in total. The molecule has 8 heterocycles. The zero-order valence-electron chi connectivity index (χ0n) is 11.6. The normalized spacial score (nSPS) is 37.0. The molecule has 11 heteroatoms. The van der Waals surface area contributed by atoms with Crippen molar-refractivity contribution in [1.29, 1.82) is 0 Å². The van der Waals surface area contributed by atoms with E-state index in [1.807, 2.05) is 0 Å². The SMILES string of the molecule is COc1ccc(C23B4B5B6B7B6B7B(B54)B4B2C43)cc1. The fourth-order valence-corrected chi connectivity index (χ4v) is 8.62. The molecular formula is C9H8B10O. The monoisotopic (exact) mass is 242 g/mol. The molecule has 0 spiro atoms. The minimum absolute atomic E-state index is 0.680. The average Bonchev–Trinajstić information content (AvgIpc) is 3.32. The van der Waals surface area contributed by atoms with Crippen LogP contribution in [0.1, 0.15) is 5.56 Å². The van der Waals surface area contributed by atoms with Crippen molar-refractivity contribution in [1.82, 2.24) is 0 Å². The van der Waals surface area contributed by atoms with Crippen LogP contribution in [0.2, 0.25) is 5.72 Å². The van der Waals surface area contributed by atoms with Gasteiger partial charge in [-0.05, 0) is 12.1 Å². The van der Waals surface area contributed by atoms with Gasteiger partial charge in [-0.2, -0.15) is 0 Å². The van der Waals surface area contributed by atoms with Crippen molar-refractivity contribution < 1.29 is 4.74 Å². The van der Waals surface area contributed by atoms with E-state index < -0.39 is 0 Å². The van der Waals surface area contributed by atoms with Crippen molar-refractivity contribution in [2.45, 2.75) is 10.9 Å². The minimum atomic E-state index is 0.680.